The van der Waals surface area contributed by atoms with E-state index in [1.807, 2.05) is 13.8 Å². The van der Waals surface area contributed by atoms with Gasteiger partial charge in [-0.25, -0.2) is 18.7 Å². The standard InChI is InChI=1S/C20H22F2N6O2/c1-12-8-27(9-13(2)30-12)17(29)11-28-10-14(7-23-28)24-19-15-5-3-4-6-16(15)25-20(26-19)18(21)22/h3-7,10,12-13,18H,8-9,11H2,1-2H3,(H,24,25,26). The van der Waals surface area contributed by atoms with Crippen LogP contribution in [0.4, 0.5) is 20.3 Å². The number of fused-ring (bicyclic) bond motifs is 1. The minimum atomic E-state index is -2.78. The van der Waals surface area contributed by atoms with E-state index in [2.05, 4.69) is 20.4 Å². The van der Waals surface area contributed by atoms with Gasteiger partial charge in [-0.3, -0.25) is 9.48 Å². The topological polar surface area (TPSA) is 85.2 Å². The van der Waals surface area contributed by atoms with Crippen LogP contribution in [0.3, 0.4) is 0 Å². The third kappa shape index (κ3) is 4.38. The van der Waals surface area contributed by atoms with Crippen molar-refractivity contribution in [2.45, 2.75) is 39.0 Å². The lowest BCUT2D eigenvalue weighted by Gasteiger charge is -2.35. The second kappa shape index (κ2) is 8.31. The summed E-state index contributed by atoms with van der Waals surface area (Å²) in [5.41, 5.74) is 0.957. The largest absolute Gasteiger partial charge is 0.372 e. The highest BCUT2D eigenvalue weighted by Crippen LogP contribution is 2.26. The van der Waals surface area contributed by atoms with Crippen LogP contribution in [-0.4, -0.2) is 55.9 Å². The van der Waals surface area contributed by atoms with Crippen molar-refractivity contribution >= 4 is 28.3 Å². The molecule has 2 atom stereocenters. The van der Waals surface area contributed by atoms with Crippen molar-refractivity contribution in [3.05, 3.63) is 42.5 Å². The molecule has 1 N–H and O–H groups in total. The van der Waals surface area contributed by atoms with Gasteiger partial charge in [-0.05, 0) is 26.0 Å². The number of hydrogen-bond donors (Lipinski definition) is 1. The Morgan fingerprint density at radius 2 is 1.97 bits per heavy atom. The molecule has 10 heteroatoms. The summed E-state index contributed by atoms with van der Waals surface area (Å²) >= 11 is 0. The van der Waals surface area contributed by atoms with E-state index < -0.39 is 12.2 Å². The molecule has 1 aliphatic heterocycles. The molecule has 4 rings (SSSR count). The number of carbonyl (C=O) groups is 1. The van der Waals surface area contributed by atoms with Gasteiger partial charge < -0.3 is 15.0 Å². The van der Waals surface area contributed by atoms with Gasteiger partial charge in [-0.15, -0.1) is 0 Å². The van der Waals surface area contributed by atoms with E-state index in [1.165, 1.54) is 10.9 Å². The molecule has 0 saturated carbocycles. The number of ether oxygens (including phenoxy) is 1. The lowest BCUT2D eigenvalue weighted by Crippen LogP contribution is -2.49. The van der Waals surface area contributed by atoms with Crippen LogP contribution in [-0.2, 0) is 16.1 Å². The van der Waals surface area contributed by atoms with Crippen LogP contribution in [0.25, 0.3) is 10.9 Å². The predicted molar refractivity (Wildman–Crippen MR) is 107 cm³/mol. The first-order valence-electron chi connectivity index (χ1n) is 9.66. The van der Waals surface area contributed by atoms with E-state index >= 15 is 0 Å². The second-order valence-electron chi connectivity index (χ2n) is 7.36. The summed E-state index contributed by atoms with van der Waals surface area (Å²) in [6.45, 7) is 5.03. The summed E-state index contributed by atoms with van der Waals surface area (Å²) in [5, 5.41) is 7.84. The highest BCUT2D eigenvalue weighted by Gasteiger charge is 2.26. The van der Waals surface area contributed by atoms with Gasteiger partial charge in [0.25, 0.3) is 6.43 Å². The van der Waals surface area contributed by atoms with E-state index in [0.717, 1.165) is 0 Å². The van der Waals surface area contributed by atoms with Gasteiger partial charge in [0.05, 0.1) is 29.6 Å². The van der Waals surface area contributed by atoms with Gasteiger partial charge in [0.2, 0.25) is 5.91 Å². The van der Waals surface area contributed by atoms with Crippen LogP contribution in [0.2, 0.25) is 0 Å². The zero-order valence-electron chi connectivity index (χ0n) is 16.6. The fraction of sp³-hybridized carbons (Fsp3) is 0.400. The number of halogens is 2. The van der Waals surface area contributed by atoms with Gasteiger partial charge in [-0.2, -0.15) is 5.10 Å². The maximum Gasteiger partial charge on any atom is 0.297 e. The summed E-state index contributed by atoms with van der Waals surface area (Å²) in [6.07, 6.45) is 0.361. The molecule has 1 aliphatic rings. The summed E-state index contributed by atoms with van der Waals surface area (Å²) in [4.78, 5) is 22.2. The van der Waals surface area contributed by atoms with Crippen LogP contribution in [0.15, 0.2) is 36.7 Å². The number of benzene rings is 1. The first kappa shape index (κ1) is 20.1. The molecule has 0 bridgehead atoms. The molecule has 3 heterocycles. The first-order valence-corrected chi connectivity index (χ1v) is 9.66. The molecule has 3 aromatic rings. The average molecular weight is 416 g/mol. The Morgan fingerprint density at radius 3 is 2.70 bits per heavy atom. The molecule has 1 fully saturated rings. The van der Waals surface area contributed by atoms with Gasteiger partial charge >= 0.3 is 0 Å². The zero-order chi connectivity index (χ0) is 21.3. The molecule has 1 saturated heterocycles. The number of aromatic nitrogens is 4. The summed E-state index contributed by atoms with van der Waals surface area (Å²) in [6, 6.07) is 6.92. The van der Waals surface area contributed by atoms with Gasteiger partial charge in [-0.1, -0.05) is 12.1 Å². The van der Waals surface area contributed by atoms with E-state index in [0.29, 0.717) is 29.7 Å². The van der Waals surface area contributed by atoms with E-state index in [9.17, 15) is 13.6 Å². The number of alkyl halides is 2. The number of amides is 1. The minimum absolute atomic E-state index is 0.0115. The number of para-hydroxylation sites is 1. The maximum atomic E-state index is 13.2. The molecule has 2 unspecified atom stereocenters. The fourth-order valence-corrected chi connectivity index (χ4v) is 3.56. The summed E-state index contributed by atoms with van der Waals surface area (Å²) < 4.78 is 33.5. The normalized spacial score (nSPS) is 19.4. The minimum Gasteiger partial charge on any atom is -0.372 e. The number of anilines is 2. The van der Waals surface area contributed by atoms with Crippen molar-refractivity contribution in [3.63, 3.8) is 0 Å². The second-order valence-corrected chi connectivity index (χ2v) is 7.36. The lowest BCUT2D eigenvalue weighted by molar-refractivity contribution is -0.144. The number of rotatable bonds is 5. The van der Waals surface area contributed by atoms with E-state index in [1.54, 1.807) is 35.4 Å². The zero-order valence-corrected chi connectivity index (χ0v) is 16.6. The first-order chi connectivity index (χ1) is 14.4. The third-order valence-electron chi connectivity index (χ3n) is 4.78. The third-order valence-corrected chi connectivity index (χ3v) is 4.78. The van der Waals surface area contributed by atoms with E-state index in [4.69, 9.17) is 4.74 Å². The molecule has 2 aromatic heterocycles. The molecule has 8 nitrogen and oxygen atoms in total. The fourth-order valence-electron chi connectivity index (χ4n) is 3.56. The molecular formula is C20H22F2N6O2. The Kier molecular flexibility index (Phi) is 5.58. The Hall–Kier alpha value is -3.14. The van der Waals surface area contributed by atoms with Gasteiger partial charge in [0, 0.05) is 24.7 Å². The van der Waals surface area contributed by atoms with Crippen molar-refractivity contribution in [2.75, 3.05) is 18.4 Å². The van der Waals surface area contributed by atoms with Crippen LogP contribution in [0.5, 0.6) is 0 Å². The molecule has 30 heavy (non-hydrogen) atoms. The number of carbonyl (C=O) groups excluding carboxylic acids is 1. The summed E-state index contributed by atoms with van der Waals surface area (Å²) in [7, 11) is 0. The molecular weight excluding hydrogens is 394 g/mol. The molecule has 158 valence electrons. The van der Waals surface area contributed by atoms with Crippen LogP contribution in [0.1, 0.15) is 26.1 Å². The number of nitrogens with zero attached hydrogens (tertiary/aromatic N) is 5. The Morgan fingerprint density at radius 1 is 1.23 bits per heavy atom. The van der Waals surface area contributed by atoms with Crippen molar-refractivity contribution < 1.29 is 18.3 Å². The Balaban J connectivity index is 1.50. The van der Waals surface area contributed by atoms with Crippen LogP contribution >= 0.6 is 0 Å². The SMILES string of the molecule is CC1CN(C(=O)Cn2cc(Nc3nc(C(F)F)nc4ccccc34)cn2)CC(C)O1. The van der Waals surface area contributed by atoms with Crippen molar-refractivity contribution in [1.82, 2.24) is 24.6 Å². The predicted octanol–water partition coefficient (Wildman–Crippen LogP) is 3.14. The summed E-state index contributed by atoms with van der Waals surface area (Å²) in [5.74, 6) is -0.342. The molecule has 0 aliphatic carbocycles. The Labute approximate surface area is 171 Å². The molecule has 0 radical (unpaired) electrons. The molecule has 0 spiro atoms. The monoisotopic (exact) mass is 416 g/mol. The smallest absolute Gasteiger partial charge is 0.297 e. The number of hydrogen-bond acceptors (Lipinski definition) is 6. The van der Waals surface area contributed by atoms with Crippen molar-refractivity contribution in [3.8, 4) is 0 Å². The quantitative estimate of drug-likeness (QED) is 0.688. The highest BCUT2D eigenvalue weighted by atomic mass is 19.3. The van der Waals surface area contributed by atoms with Crippen molar-refractivity contribution in [2.24, 2.45) is 0 Å². The Bertz CT molecular complexity index is 1050. The maximum absolute atomic E-state index is 13.2. The van der Waals surface area contributed by atoms with Gasteiger partial charge in [0.15, 0.2) is 5.82 Å². The van der Waals surface area contributed by atoms with Crippen molar-refractivity contribution in [1.29, 1.82) is 0 Å². The highest BCUT2D eigenvalue weighted by molar-refractivity contribution is 5.90. The molecule has 1 aromatic carbocycles. The molecule has 1 amide bonds. The number of nitrogens with one attached hydrogen (secondary N) is 1. The lowest BCUT2D eigenvalue weighted by atomic mass is 10.2. The van der Waals surface area contributed by atoms with Crippen LogP contribution in [0, 0.1) is 0 Å². The van der Waals surface area contributed by atoms with E-state index in [-0.39, 0.29) is 30.5 Å². The van der Waals surface area contributed by atoms with Gasteiger partial charge in [0.1, 0.15) is 12.4 Å². The van der Waals surface area contributed by atoms with Crippen LogP contribution < -0.4 is 5.32 Å². The average Bonchev–Trinajstić information content (AvgIpc) is 3.13. The number of morpholine rings is 1.